The summed E-state index contributed by atoms with van der Waals surface area (Å²) in [6.07, 6.45) is 17.2. The largest absolute Gasteiger partial charge is 0.359 e. The monoisotopic (exact) mass is 431 g/mol. The van der Waals surface area contributed by atoms with Crippen LogP contribution < -0.4 is 0 Å². The molecule has 3 aliphatic rings. The zero-order valence-electron chi connectivity index (χ0n) is 20.2. The van der Waals surface area contributed by atoms with Crippen molar-refractivity contribution < 1.29 is 0 Å². The highest BCUT2D eigenvalue weighted by atomic mass is 15.3. The van der Waals surface area contributed by atoms with Gasteiger partial charge in [-0.1, -0.05) is 0 Å². The minimum absolute atomic E-state index is 1.06. The molecule has 0 atom stereocenters. The Morgan fingerprint density at radius 2 is 0.774 bits per heavy atom. The van der Waals surface area contributed by atoms with Gasteiger partial charge in [0.15, 0.2) is 0 Å². The lowest BCUT2D eigenvalue weighted by Crippen LogP contribution is -2.34. The normalized spacial score (nSPS) is 18.2. The van der Waals surface area contributed by atoms with Gasteiger partial charge in [0.1, 0.15) is 0 Å². The Morgan fingerprint density at radius 3 is 1.03 bits per heavy atom. The van der Waals surface area contributed by atoms with E-state index in [-0.39, 0.29) is 0 Å². The van der Waals surface area contributed by atoms with E-state index < -0.39 is 0 Å². The molecule has 3 aliphatic heterocycles. The van der Waals surface area contributed by atoms with Gasteiger partial charge in [-0.15, -0.1) is 0 Å². The highest BCUT2D eigenvalue weighted by Crippen LogP contribution is 2.10. The first-order chi connectivity index (χ1) is 15.2. The van der Waals surface area contributed by atoms with Crippen molar-refractivity contribution >= 4 is 0 Å². The molecule has 0 saturated heterocycles. The van der Waals surface area contributed by atoms with Gasteiger partial charge in [0.2, 0.25) is 0 Å². The standard InChI is InChI=1S/C24H45N7/c1-4-25-16-19-29(22-25)13-7-10-28(11-8-14-30-20-17-26(5-2)23-30)12-9-15-31-21-18-27(6-3)24-31/h16-21H,4-15,22-24H2,1-3H3. The van der Waals surface area contributed by atoms with E-state index in [0.717, 1.165) is 59.3 Å². The second-order valence-corrected chi connectivity index (χ2v) is 8.87. The Morgan fingerprint density at radius 1 is 0.484 bits per heavy atom. The molecule has 0 radical (unpaired) electrons. The summed E-state index contributed by atoms with van der Waals surface area (Å²) in [4.78, 5) is 17.1. The Bertz CT molecular complexity index is 510. The van der Waals surface area contributed by atoms with Gasteiger partial charge in [-0.2, -0.15) is 0 Å². The Labute approximate surface area is 190 Å². The van der Waals surface area contributed by atoms with E-state index in [2.05, 4.69) is 92.3 Å². The summed E-state index contributed by atoms with van der Waals surface area (Å²) in [6, 6.07) is 0. The van der Waals surface area contributed by atoms with Crippen LogP contribution in [0, 0.1) is 0 Å². The molecule has 0 N–H and O–H groups in total. The minimum atomic E-state index is 1.06. The van der Waals surface area contributed by atoms with Crippen LogP contribution in [0.1, 0.15) is 40.0 Å². The third kappa shape index (κ3) is 7.87. The molecule has 0 aromatic heterocycles. The molecule has 0 unspecified atom stereocenters. The first-order valence-corrected chi connectivity index (χ1v) is 12.4. The predicted molar refractivity (Wildman–Crippen MR) is 130 cm³/mol. The molecule has 0 fully saturated rings. The van der Waals surface area contributed by atoms with E-state index in [1.807, 2.05) is 0 Å². The number of hydrogen-bond donors (Lipinski definition) is 0. The van der Waals surface area contributed by atoms with Crippen LogP contribution in [0.3, 0.4) is 0 Å². The van der Waals surface area contributed by atoms with Crippen molar-refractivity contribution in [1.29, 1.82) is 0 Å². The van der Waals surface area contributed by atoms with Crippen LogP contribution in [0.15, 0.2) is 37.2 Å². The topological polar surface area (TPSA) is 22.7 Å². The average molecular weight is 432 g/mol. The molecule has 0 saturated carbocycles. The van der Waals surface area contributed by atoms with Crippen molar-refractivity contribution in [2.24, 2.45) is 0 Å². The van der Waals surface area contributed by atoms with E-state index in [1.165, 1.54) is 38.9 Å². The third-order valence-corrected chi connectivity index (χ3v) is 6.53. The van der Waals surface area contributed by atoms with Gasteiger partial charge >= 0.3 is 0 Å². The van der Waals surface area contributed by atoms with Crippen molar-refractivity contribution in [1.82, 2.24) is 34.3 Å². The molecule has 3 rings (SSSR count). The number of hydrogen-bond acceptors (Lipinski definition) is 7. The van der Waals surface area contributed by atoms with Gasteiger partial charge in [0.05, 0.1) is 20.0 Å². The SMILES string of the molecule is CCN1C=CN(CCCN(CCCN2C=CN(CC)C2)CCCN2C=CN(CC)C2)C1. The summed E-state index contributed by atoms with van der Waals surface area (Å²) in [5.74, 6) is 0. The lowest BCUT2D eigenvalue weighted by atomic mass is 10.2. The molecule has 7 heteroatoms. The van der Waals surface area contributed by atoms with Crippen LogP contribution in [0.25, 0.3) is 0 Å². The van der Waals surface area contributed by atoms with Gasteiger partial charge in [0.25, 0.3) is 0 Å². The van der Waals surface area contributed by atoms with Crippen LogP contribution in [0.5, 0.6) is 0 Å². The maximum atomic E-state index is 2.70. The zero-order valence-corrected chi connectivity index (χ0v) is 20.2. The maximum Gasteiger partial charge on any atom is 0.0893 e. The molecular weight excluding hydrogens is 386 g/mol. The maximum absolute atomic E-state index is 2.70. The molecular formula is C24H45N7. The van der Waals surface area contributed by atoms with Gasteiger partial charge in [0, 0.05) is 76.5 Å². The van der Waals surface area contributed by atoms with E-state index in [0.29, 0.717) is 0 Å². The van der Waals surface area contributed by atoms with Crippen molar-refractivity contribution in [2.45, 2.75) is 40.0 Å². The summed E-state index contributed by atoms with van der Waals surface area (Å²) in [5, 5.41) is 0. The first kappa shape index (κ1) is 23.6. The summed E-state index contributed by atoms with van der Waals surface area (Å²) < 4.78 is 0. The molecule has 0 aromatic rings. The van der Waals surface area contributed by atoms with E-state index in [9.17, 15) is 0 Å². The van der Waals surface area contributed by atoms with Gasteiger partial charge in [-0.25, -0.2) is 0 Å². The summed E-state index contributed by atoms with van der Waals surface area (Å²) in [6.45, 7) is 20.2. The fourth-order valence-electron chi connectivity index (χ4n) is 4.43. The highest BCUT2D eigenvalue weighted by molar-refractivity contribution is 4.91. The smallest absolute Gasteiger partial charge is 0.0893 e. The van der Waals surface area contributed by atoms with E-state index >= 15 is 0 Å². The molecule has 0 spiro atoms. The van der Waals surface area contributed by atoms with Crippen molar-refractivity contribution in [3.8, 4) is 0 Å². The minimum Gasteiger partial charge on any atom is -0.359 e. The van der Waals surface area contributed by atoms with Crippen LogP contribution in [-0.4, -0.2) is 113 Å². The van der Waals surface area contributed by atoms with Crippen LogP contribution >= 0.6 is 0 Å². The quantitative estimate of drug-likeness (QED) is 0.393. The second-order valence-electron chi connectivity index (χ2n) is 8.87. The van der Waals surface area contributed by atoms with E-state index in [1.54, 1.807) is 0 Å². The molecule has 0 aromatic carbocycles. The fourth-order valence-corrected chi connectivity index (χ4v) is 4.43. The van der Waals surface area contributed by atoms with Crippen LogP contribution in [-0.2, 0) is 0 Å². The van der Waals surface area contributed by atoms with Gasteiger partial charge in [-0.05, 0) is 59.7 Å². The van der Waals surface area contributed by atoms with Crippen molar-refractivity contribution in [3.05, 3.63) is 37.2 Å². The molecule has 0 bridgehead atoms. The summed E-state index contributed by atoms with van der Waals surface area (Å²) in [5.41, 5.74) is 0. The molecule has 176 valence electrons. The van der Waals surface area contributed by atoms with Crippen molar-refractivity contribution in [2.75, 3.05) is 78.9 Å². The Kier molecular flexibility index (Phi) is 9.72. The molecule has 0 amide bonds. The van der Waals surface area contributed by atoms with Crippen molar-refractivity contribution in [3.63, 3.8) is 0 Å². The average Bonchev–Trinajstić information content (AvgIpc) is 3.54. The predicted octanol–water partition coefficient (Wildman–Crippen LogP) is 2.66. The van der Waals surface area contributed by atoms with E-state index in [4.69, 9.17) is 0 Å². The number of rotatable bonds is 15. The molecule has 0 aliphatic carbocycles. The third-order valence-electron chi connectivity index (χ3n) is 6.53. The van der Waals surface area contributed by atoms with Crippen LogP contribution in [0.4, 0.5) is 0 Å². The fraction of sp³-hybridized carbons (Fsp3) is 0.750. The first-order valence-electron chi connectivity index (χ1n) is 12.4. The molecule has 3 heterocycles. The Hall–Kier alpha value is -2.02. The highest BCUT2D eigenvalue weighted by Gasteiger charge is 2.14. The molecule has 31 heavy (non-hydrogen) atoms. The number of nitrogens with zero attached hydrogens (tertiary/aromatic N) is 7. The molecule has 7 nitrogen and oxygen atoms in total. The van der Waals surface area contributed by atoms with Gasteiger partial charge < -0.3 is 34.3 Å². The summed E-state index contributed by atoms with van der Waals surface area (Å²) >= 11 is 0. The lowest BCUT2D eigenvalue weighted by molar-refractivity contribution is 0.205. The van der Waals surface area contributed by atoms with Crippen LogP contribution in [0.2, 0.25) is 0 Å². The summed E-state index contributed by atoms with van der Waals surface area (Å²) in [7, 11) is 0. The second kappa shape index (κ2) is 12.7. The Balaban J connectivity index is 1.36. The van der Waals surface area contributed by atoms with Gasteiger partial charge in [-0.3, -0.25) is 0 Å². The zero-order chi connectivity index (χ0) is 21.9. The lowest BCUT2D eigenvalue weighted by Gasteiger charge is -2.27.